The highest BCUT2D eigenvalue weighted by molar-refractivity contribution is 5.73. The second-order valence-electron chi connectivity index (χ2n) is 5.19. The summed E-state index contributed by atoms with van der Waals surface area (Å²) in [5.74, 6) is -0.0950. The molecule has 0 saturated carbocycles. The molecule has 0 atom stereocenters. The zero-order valence-corrected chi connectivity index (χ0v) is 12.2. The molecule has 1 aromatic rings. The molecule has 4 nitrogen and oxygen atoms in total. The van der Waals surface area contributed by atoms with Gasteiger partial charge in [0.2, 0.25) is 5.91 Å². The topological polar surface area (TPSA) is 35.6 Å². The van der Waals surface area contributed by atoms with Gasteiger partial charge in [-0.15, -0.1) is 0 Å². The summed E-state index contributed by atoms with van der Waals surface area (Å²) >= 11 is 0. The van der Waals surface area contributed by atoms with Crippen molar-refractivity contribution < 1.29 is 9.18 Å². The molecule has 1 aromatic carbocycles. The Hall–Kier alpha value is -1.62. The van der Waals surface area contributed by atoms with E-state index in [0.29, 0.717) is 13.1 Å². The van der Waals surface area contributed by atoms with Crippen LogP contribution in [-0.2, 0) is 11.3 Å². The molecule has 1 N–H and O–H groups in total. The van der Waals surface area contributed by atoms with Crippen LogP contribution < -0.4 is 10.2 Å². The van der Waals surface area contributed by atoms with E-state index in [4.69, 9.17) is 0 Å². The lowest BCUT2D eigenvalue weighted by molar-refractivity contribution is -0.128. The van der Waals surface area contributed by atoms with Gasteiger partial charge in [0.25, 0.3) is 0 Å². The average molecular weight is 279 g/mol. The van der Waals surface area contributed by atoms with Crippen LogP contribution >= 0.6 is 0 Å². The van der Waals surface area contributed by atoms with Gasteiger partial charge >= 0.3 is 0 Å². The van der Waals surface area contributed by atoms with Crippen molar-refractivity contribution in [2.45, 2.75) is 19.9 Å². The molecule has 0 unspecified atom stereocenters. The monoisotopic (exact) mass is 279 g/mol. The van der Waals surface area contributed by atoms with Gasteiger partial charge in [-0.3, -0.25) is 4.79 Å². The largest absolute Gasteiger partial charge is 0.370 e. The summed E-state index contributed by atoms with van der Waals surface area (Å²) in [5, 5.41) is 3.04. The molecule has 20 heavy (non-hydrogen) atoms. The maximum Gasteiger partial charge on any atom is 0.219 e. The predicted molar refractivity (Wildman–Crippen MR) is 78.2 cm³/mol. The number of halogens is 1. The number of amides is 1. The quantitative estimate of drug-likeness (QED) is 0.913. The first-order valence-electron chi connectivity index (χ1n) is 7.04. The van der Waals surface area contributed by atoms with Gasteiger partial charge in [0.1, 0.15) is 5.82 Å². The van der Waals surface area contributed by atoms with Gasteiger partial charge in [0.05, 0.1) is 0 Å². The minimum absolute atomic E-state index is 0.113. The number of nitrogens with zero attached hydrogens (tertiary/aromatic N) is 2. The number of carbonyl (C=O) groups is 1. The van der Waals surface area contributed by atoms with Gasteiger partial charge in [-0.2, -0.15) is 0 Å². The highest BCUT2D eigenvalue weighted by Crippen LogP contribution is 2.20. The van der Waals surface area contributed by atoms with Crippen LogP contribution in [0.5, 0.6) is 0 Å². The second-order valence-corrected chi connectivity index (χ2v) is 5.19. The van der Waals surface area contributed by atoms with Gasteiger partial charge in [-0.25, -0.2) is 4.39 Å². The summed E-state index contributed by atoms with van der Waals surface area (Å²) in [6, 6.07) is 5.14. The second kappa shape index (κ2) is 6.70. The Morgan fingerprint density at radius 2 is 2.05 bits per heavy atom. The normalized spacial score (nSPS) is 16.1. The van der Waals surface area contributed by atoms with Crippen molar-refractivity contribution in [3.8, 4) is 0 Å². The Kier molecular flexibility index (Phi) is 4.95. The summed E-state index contributed by atoms with van der Waals surface area (Å²) in [6.07, 6.45) is 0.914. The molecule has 1 heterocycles. The standard InChI is InChI=1S/C15H22FN3O/c1-12(20)18-4-3-5-19(7-6-18)15-9-13(11-17-2)8-14(16)10-15/h8-10,17H,3-7,11H2,1-2H3. The minimum Gasteiger partial charge on any atom is -0.370 e. The van der Waals surface area contributed by atoms with E-state index < -0.39 is 0 Å². The van der Waals surface area contributed by atoms with Crippen molar-refractivity contribution in [1.29, 1.82) is 0 Å². The summed E-state index contributed by atoms with van der Waals surface area (Å²) in [5.41, 5.74) is 1.84. The number of carbonyl (C=O) groups excluding carboxylic acids is 1. The molecule has 5 heteroatoms. The van der Waals surface area contributed by atoms with E-state index in [1.165, 1.54) is 0 Å². The smallest absolute Gasteiger partial charge is 0.219 e. The molecule has 0 bridgehead atoms. The molecular weight excluding hydrogens is 257 g/mol. The highest BCUT2D eigenvalue weighted by Gasteiger charge is 2.17. The van der Waals surface area contributed by atoms with Crippen LogP contribution in [0.1, 0.15) is 18.9 Å². The Bertz CT molecular complexity index is 478. The summed E-state index contributed by atoms with van der Waals surface area (Å²) in [4.78, 5) is 15.4. The molecule has 1 aliphatic heterocycles. The summed E-state index contributed by atoms with van der Waals surface area (Å²) in [6.45, 7) is 5.34. The van der Waals surface area contributed by atoms with Gasteiger partial charge in [0.15, 0.2) is 0 Å². The first-order valence-corrected chi connectivity index (χ1v) is 7.04. The third-order valence-electron chi connectivity index (χ3n) is 3.63. The Labute approximate surface area is 119 Å². The average Bonchev–Trinajstić information content (AvgIpc) is 2.64. The molecule has 1 amide bonds. The van der Waals surface area contributed by atoms with Crippen LogP contribution in [0.4, 0.5) is 10.1 Å². The number of rotatable bonds is 3. The molecule has 1 aliphatic rings. The number of hydrogen-bond donors (Lipinski definition) is 1. The van der Waals surface area contributed by atoms with E-state index >= 15 is 0 Å². The zero-order chi connectivity index (χ0) is 14.5. The van der Waals surface area contributed by atoms with E-state index in [-0.39, 0.29) is 11.7 Å². The van der Waals surface area contributed by atoms with Crippen molar-refractivity contribution in [1.82, 2.24) is 10.2 Å². The van der Waals surface area contributed by atoms with Crippen molar-refractivity contribution in [3.63, 3.8) is 0 Å². The third kappa shape index (κ3) is 3.70. The molecule has 2 rings (SSSR count). The van der Waals surface area contributed by atoms with Gasteiger partial charge in [0, 0.05) is 45.3 Å². The molecule has 0 aromatic heterocycles. The number of anilines is 1. The van der Waals surface area contributed by atoms with Crippen LogP contribution in [0.3, 0.4) is 0 Å². The van der Waals surface area contributed by atoms with Crippen LogP contribution in [0, 0.1) is 5.82 Å². The number of nitrogens with one attached hydrogen (secondary N) is 1. The van der Waals surface area contributed by atoms with Gasteiger partial charge < -0.3 is 15.1 Å². The maximum absolute atomic E-state index is 13.7. The zero-order valence-electron chi connectivity index (χ0n) is 12.2. The molecule has 1 saturated heterocycles. The first kappa shape index (κ1) is 14.8. The molecular formula is C15H22FN3O. The Morgan fingerprint density at radius 3 is 2.75 bits per heavy atom. The number of hydrogen-bond acceptors (Lipinski definition) is 3. The highest BCUT2D eigenvalue weighted by atomic mass is 19.1. The van der Waals surface area contributed by atoms with Crippen LogP contribution in [0.2, 0.25) is 0 Å². The van der Waals surface area contributed by atoms with Crippen LogP contribution in [0.25, 0.3) is 0 Å². The minimum atomic E-state index is -0.208. The van der Waals surface area contributed by atoms with Crippen molar-refractivity contribution >= 4 is 11.6 Å². The fourth-order valence-electron chi connectivity index (χ4n) is 2.61. The molecule has 110 valence electrons. The lowest BCUT2D eigenvalue weighted by Crippen LogP contribution is -2.33. The van der Waals surface area contributed by atoms with Crippen molar-refractivity contribution in [2.75, 3.05) is 38.1 Å². The predicted octanol–water partition coefficient (Wildman–Crippen LogP) is 1.60. The lowest BCUT2D eigenvalue weighted by atomic mass is 10.1. The van der Waals surface area contributed by atoms with Crippen LogP contribution in [0.15, 0.2) is 18.2 Å². The van der Waals surface area contributed by atoms with Crippen LogP contribution in [-0.4, -0.2) is 44.0 Å². The third-order valence-corrected chi connectivity index (χ3v) is 3.63. The van der Waals surface area contributed by atoms with E-state index in [0.717, 1.165) is 37.3 Å². The van der Waals surface area contributed by atoms with Gasteiger partial charge in [-0.1, -0.05) is 0 Å². The molecule has 0 aliphatic carbocycles. The fraction of sp³-hybridized carbons (Fsp3) is 0.533. The van der Waals surface area contributed by atoms with Crippen molar-refractivity contribution in [2.24, 2.45) is 0 Å². The van der Waals surface area contributed by atoms with Crippen molar-refractivity contribution in [3.05, 3.63) is 29.6 Å². The fourth-order valence-corrected chi connectivity index (χ4v) is 2.61. The first-order chi connectivity index (χ1) is 9.60. The summed E-state index contributed by atoms with van der Waals surface area (Å²) < 4.78 is 13.7. The Morgan fingerprint density at radius 1 is 1.25 bits per heavy atom. The lowest BCUT2D eigenvalue weighted by Gasteiger charge is -2.24. The van der Waals surface area contributed by atoms with E-state index in [1.807, 2.05) is 18.0 Å². The number of benzene rings is 1. The molecule has 0 radical (unpaired) electrons. The molecule has 0 spiro atoms. The Balaban J connectivity index is 2.12. The van der Waals surface area contributed by atoms with E-state index in [1.54, 1.807) is 19.1 Å². The van der Waals surface area contributed by atoms with E-state index in [9.17, 15) is 9.18 Å². The summed E-state index contributed by atoms with van der Waals surface area (Å²) in [7, 11) is 1.85. The SMILES string of the molecule is CNCc1cc(F)cc(N2CCCN(C(C)=O)CC2)c1. The maximum atomic E-state index is 13.7. The molecule has 1 fully saturated rings. The van der Waals surface area contributed by atoms with E-state index in [2.05, 4.69) is 10.2 Å². The van der Waals surface area contributed by atoms with Gasteiger partial charge in [-0.05, 0) is 37.2 Å².